The van der Waals surface area contributed by atoms with Gasteiger partial charge in [-0.05, 0) is 31.4 Å². The number of carbonyl (C=O) groups excluding carboxylic acids is 1. The average molecular weight is 323 g/mol. The highest BCUT2D eigenvalue weighted by Crippen LogP contribution is 2.27. The molecule has 4 rings (SSSR count). The smallest absolute Gasteiger partial charge is 0.228 e. The maximum Gasteiger partial charge on any atom is 0.228 e. The molecule has 0 atom stereocenters. The third-order valence-electron chi connectivity index (χ3n) is 4.61. The summed E-state index contributed by atoms with van der Waals surface area (Å²) in [6.07, 6.45) is 7.74. The summed E-state index contributed by atoms with van der Waals surface area (Å²) >= 11 is 0. The van der Waals surface area contributed by atoms with Gasteiger partial charge < -0.3 is 10.2 Å². The predicted octanol–water partition coefficient (Wildman–Crippen LogP) is 1.62. The number of anilines is 1. The van der Waals surface area contributed by atoms with Gasteiger partial charge in [0, 0.05) is 43.0 Å². The highest BCUT2D eigenvalue weighted by Gasteiger charge is 2.26. The second-order valence-electron chi connectivity index (χ2n) is 6.44. The third-order valence-corrected chi connectivity index (χ3v) is 4.61. The predicted molar refractivity (Wildman–Crippen MR) is 90.6 cm³/mol. The minimum atomic E-state index is 0.131. The molecule has 1 aliphatic carbocycles. The van der Waals surface area contributed by atoms with Crippen molar-refractivity contribution in [1.29, 1.82) is 0 Å². The van der Waals surface area contributed by atoms with E-state index in [9.17, 15) is 4.79 Å². The number of nitrogens with zero attached hydrogens (tertiary/aromatic N) is 4. The van der Waals surface area contributed by atoms with Crippen LogP contribution in [0, 0.1) is 0 Å². The van der Waals surface area contributed by atoms with Crippen LogP contribution in [0.2, 0.25) is 0 Å². The van der Waals surface area contributed by atoms with Crippen LogP contribution in [0.3, 0.4) is 0 Å². The summed E-state index contributed by atoms with van der Waals surface area (Å²) in [4.78, 5) is 27.6. The number of rotatable bonds is 4. The molecule has 24 heavy (non-hydrogen) atoms. The molecule has 0 unspecified atom stereocenters. The van der Waals surface area contributed by atoms with Crippen molar-refractivity contribution in [3.05, 3.63) is 47.7 Å². The fraction of sp³-hybridized carbons (Fsp3) is 0.444. The van der Waals surface area contributed by atoms with Gasteiger partial charge in [-0.15, -0.1) is 0 Å². The van der Waals surface area contributed by atoms with E-state index in [-0.39, 0.29) is 5.91 Å². The normalized spacial score (nSPS) is 17.1. The average Bonchev–Trinajstić information content (AvgIpc) is 3.42. The van der Waals surface area contributed by atoms with Crippen LogP contribution in [0.25, 0.3) is 0 Å². The van der Waals surface area contributed by atoms with Crippen molar-refractivity contribution < 1.29 is 4.79 Å². The largest absolute Gasteiger partial charge is 0.367 e. The summed E-state index contributed by atoms with van der Waals surface area (Å²) in [7, 11) is 0. The summed E-state index contributed by atoms with van der Waals surface area (Å²) in [6.45, 7) is 1.42. The van der Waals surface area contributed by atoms with Crippen LogP contribution in [-0.4, -0.2) is 44.9 Å². The second-order valence-corrected chi connectivity index (χ2v) is 6.44. The van der Waals surface area contributed by atoms with Crippen molar-refractivity contribution >= 4 is 11.7 Å². The molecule has 1 saturated carbocycles. The molecule has 2 aliphatic rings. The minimum absolute atomic E-state index is 0.131. The Morgan fingerprint density at radius 1 is 1.17 bits per heavy atom. The van der Waals surface area contributed by atoms with Crippen LogP contribution in [0.5, 0.6) is 0 Å². The van der Waals surface area contributed by atoms with Gasteiger partial charge in [0.2, 0.25) is 5.91 Å². The lowest BCUT2D eigenvalue weighted by atomic mass is 10.1. The lowest BCUT2D eigenvalue weighted by Gasteiger charge is -2.20. The summed E-state index contributed by atoms with van der Waals surface area (Å²) < 4.78 is 0. The number of fused-ring (bicyclic) bond motifs is 1. The first-order valence-corrected chi connectivity index (χ1v) is 8.56. The lowest BCUT2D eigenvalue weighted by Crippen LogP contribution is -2.34. The molecule has 2 aromatic heterocycles. The third kappa shape index (κ3) is 3.37. The molecule has 0 saturated heterocycles. The number of aromatic nitrogens is 3. The van der Waals surface area contributed by atoms with Gasteiger partial charge in [-0.25, -0.2) is 9.97 Å². The van der Waals surface area contributed by atoms with Crippen LogP contribution in [0.4, 0.5) is 5.82 Å². The molecular weight excluding hydrogens is 302 g/mol. The van der Waals surface area contributed by atoms with Gasteiger partial charge in [-0.3, -0.25) is 9.78 Å². The SMILES string of the molecule is O=C(Cc1ccccn1)N1CCc2ncnc(NC3CC3)c2CC1. The van der Waals surface area contributed by atoms with Crippen molar-refractivity contribution in [2.75, 3.05) is 18.4 Å². The van der Waals surface area contributed by atoms with Gasteiger partial charge >= 0.3 is 0 Å². The Morgan fingerprint density at radius 2 is 2.04 bits per heavy atom. The van der Waals surface area contributed by atoms with Crippen LogP contribution in [-0.2, 0) is 24.1 Å². The number of hydrogen-bond acceptors (Lipinski definition) is 5. The summed E-state index contributed by atoms with van der Waals surface area (Å²) in [5.41, 5.74) is 3.07. The van der Waals surface area contributed by atoms with Gasteiger partial charge in [0.25, 0.3) is 0 Å². The fourth-order valence-corrected chi connectivity index (χ4v) is 3.09. The van der Waals surface area contributed by atoms with Crippen molar-refractivity contribution in [1.82, 2.24) is 19.9 Å². The maximum absolute atomic E-state index is 12.6. The summed E-state index contributed by atoms with van der Waals surface area (Å²) in [5, 5.41) is 3.49. The lowest BCUT2D eigenvalue weighted by molar-refractivity contribution is -0.130. The molecule has 124 valence electrons. The second kappa shape index (κ2) is 6.55. The Kier molecular flexibility index (Phi) is 4.11. The molecule has 1 fully saturated rings. The standard InChI is InChI=1S/C18H21N5O/c24-17(11-14-3-1-2-8-19-14)23-9-6-15-16(7-10-23)20-12-21-18(15)22-13-4-5-13/h1-3,8,12-13H,4-7,9-11H2,(H,20,21,22). The van der Waals surface area contributed by atoms with E-state index in [1.54, 1.807) is 12.5 Å². The number of hydrogen-bond donors (Lipinski definition) is 1. The van der Waals surface area contributed by atoms with Crippen molar-refractivity contribution in [2.45, 2.75) is 38.1 Å². The quantitative estimate of drug-likeness (QED) is 0.926. The Hall–Kier alpha value is -2.50. The van der Waals surface area contributed by atoms with E-state index in [1.807, 2.05) is 23.1 Å². The van der Waals surface area contributed by atoms with Crippen LogP contribution in [0.15, 0.2) is 30.7 Å². The first kappa shape index (κ1) is 15.1. The topological polar surface area (TPSA) is 71.0 Å². The molecule has 1 amide bonds. The molecular formula is C18H21N5O. The van der Waals surface area contributed by atoms with E-state index in [2.05, 4.69) is 20.3 Å². The fourth-order valence-electron chi connectivity index (χ4n) is 3.09. The first-order chi connectivity index (χ1) is 11.8. The van der Waals surface area contributed by atoms with Crippen LogP contribution < -0.4 is 5.32 Å². The Balaban J connectivity index is 1.45. The number of pyridine rings is 1. The Morgan fingerprint density at radius 3 is 2.83 bits per heavy atom. The zero-order valence-corrected chi connectivity index (χ0v) is 13.6. The van der Waals surface area contributed by atoms with Gasteiger partial charge in [-0.2, -0.15) is 0 Å². The molecule has 6 nitrogen and oxygen atoms in total. The molecule has 1 aliphatic heterocycles. The molecule has 0 radical (unpaired) electrons. The van der Waals surface area contributed by atoms with Gasteiger partial charge in [0.05, 0.1) is 12.1 Å². The Labute approximate surface area is 141 Å². The van der Waals surface area contributed by atoms with Gasteiger partial charge in [-0.1, -0.05) is 6.07 Å². The van der Waals surface area contributed by atoms with E-state index in [0.717, 1.165) is 30.0 Å². The van der Waals surface area contributed by atoms with Crippen LogP contribution >= 0.6 is 0 Å². The molecule has 0 aromatic carbocycles. The zero-order valence-electron chi connectivity index (χ0n) is 13.6. The number of nitrogens with one attached hydrogen (secondary N) is 1. The minimum Gasteiger partial charge on any atom is -0.367 e. The molecule has 0 bridgehead atoms. The summed E-state index contributed by atoms with van der Waals surface area (Å²) in [5.74, 6) is 1.09. The monoisotopic (exact) mass is 323 g/mol. The zero-order chi connectivity index (χ0) is 16.4. The van der Waals surface area contributed by atoms with Crippen molar-refractivity contribution in [3.8, 4) is 0 Å². The molecule has 3 heterocycles. The van der Waals surface area contributed by atoms with Crippen molar-refractivity contribution in [2.24, 2.45) is 0 Å². The van der Waals surface area contributed by atoms with E-state index in [0.29, 0.717) is 25.6 Å². The molecule has 6 heteroatoms. The van der Waals surface area contributed by atoms with E-state index < -0.39 is 0 Å². The molecule has 2 aromatic rings. The molecule has 0 spiro atoms. The highest BCUT2D eigenvalue weighted by atomic mass is 16.2. The Bertz CT molecular complexity index is 729. The molecule has 1 N–H and O–H groups in total. The van der Waals surface area contributed by atoms with E-state index in [1.165, 1.54) is 18.4 Å². The highest BCUT2D eigenvalue weighted by molar-refractivity contribution is 5.78. The van der Waals surface area contributed by atoms with Crippen LogP contribution in [0.1, 0.15) is 29.8 Å². The first-order valence-electron chi connectivity index (χ1n) is 8.56. The number of carbonyl (C=O) groups is 1. The summed E-state index contributed by atoms with van der Waals surface area (Å²) in [6, 6.07) is 6.24. The van der Waals surface area contributed by atoms with Gasteiger partial charge in [0.15, 0.2) is 0 Å². The maximum atomic E-state index is 12.6. The van der Waals surface area contributed by atoms with E-state index >= 15 is 0 Å². The number of amides is 1. The van der Waals surface area contributed by atoms with Crippen molar-refractivity contribution in [3.63, 3.8) is 0 Å². The van der Waals surface area contributed by atoms with E-state index in [4.69, 9.17) is 0 Å². The van der Waals surface area contributed by atoms with Gasteiger partial charge in [0.1, 0.15) is 12.1 Å².